The second kappa shape index (κ2) is 5.43. The van der Waals surface area contributed by atoms with Crippen LogP contribution >= 0.6 is 15.9 Å². The summed E-state index contributed by atoms with van der Waals surface area (Å²) in [4.78, 5) is 0. The van der Waals surface area contributed by atoms with Gasteiger partial charge in [-0.05, 0) is 55.3 Å². The minimum absolute atomic E-state index is 0.101. The molecule has 0 amide bonds. The Hall–Kier alpha value is -1.20. The van der Waals surface area contributed by atoms with E-state index in [2.05, 4.69) is 21.0 Å². The zero-order chi connectivity index (χ0) is 14.2. The molecule has 5 heteroatoms. The molecule has 3 nitrogen and oxygen atoms in total. The quantitative estimate of drug-likeness (QED) is 0.941. The number of hydrogen-bond acceptors (Lipinski definition) is 2. The van der Waals surface area contributed by atoms with Crippen LogP contribution in [0.1, 0.15) is 23.9 Å². The maximum absolute atomic E-state index is 14.0. The van der Waals surface area contributed by atoms with Crippen LogP contribution in [0.4, 0.5) is 4.39 Å². The molecule has 2 aromatic rings. The van der Waals surface area contributed by atoms with Gasteiger partial charge in [0.05, 0.1) is 21.5 Å². The van der Waals surface area contributed by atoms with Gasteiger partial charge >= 0.3 is 0 Å². The van der Waals surface area contributed by atoms with Gasteiger partial charge in [-0.2, -0.15) is 5.10 Å². The van der Waals surface area contributed by atoms with E-state index in [4.69, 9.17) is 5.73 Å². The van der Waals surface area contributed by atoms with Crippen molar-refractivity contribution in [1.82, 2.24) is 9.78 Å². The van der Waals surface area contributed by atoms with Crippen molar-refractivity contribution in [2.45, 2.75) is 33.2 Å². The van der Waals surface area contributed by atoms with Gasteiger partial charge in [0, 0.05) is 11.6 Å². The molecule has 1 aromatic heterocycles. The number of aromatic nitrogens is 2. The zero-order valence-electron chi connectivity index (χ0n) is 11.2. The smallest absolute Gasteiger partial charge is 0.128 e. The first-order chi connectivity index (χ1) is 8.91. The van der Waals surface area contributed by atoms with E-state index in [9.17, 15) is 4.39 Å². The summed E-state index contributed by atoms with van der Waals surface area (Å²) in [5.74, 6) is -0.238. The van der Waals surface area contributed by atoms with Crippen LogP contribution in [0.3, 0.4) is 0 Å². The summed E-state index contributed by atoms with van der Waals surface area (Å²) >= 11 is 3.49. The Morgan fingerprint density at radius 1 is 1.42 bits per heavy atom. The molecule has 0 bridgehead atoms. The SMILES string of the molecule is Cc1nn(-c2cccc(F)c2CC(C)N)c(C)c1Br. The van der Waals surface area contributed by atoms with Crippen molar-refractivity contribution in [2.24, 2.45) is 5.73 Å². The molecule has 0 aliphatic heterocycles. The van der Waals surface area contributed by atoms with Gasteiger partial charge in [-0.15, -0.1) is 0 Å². The molecule has 0 spiro atoms. The summed E-state index contributed by atoms with van der Waals surface area (Å²) in [6, 6.07) is 4.92. The lowest BCUT2D eigenvalue weighted by Crippen LogP contribution is -2.20. The van der Waals surface area contributed by atoms with Gasteiger partial charge < -0.3 is 5.73 Å². The fourth-order valence-electron chi connectivity index (χ4n) is 2.13. The minimum atomic E-state index is -0.238. The molecule has 1 heterocycles. The van der Waals surface area contributed by atoms with E-state index in [1.807, 2.05) is 26.8 Å². The number of aryl methyl sites for hydroxylation is 1. The standard InChI is InChI=1S/C14H17BrFN3/c1-8(17)7-11-12(16)5-4-6-13(11)19-10(3)14(15)9(2)18-19/h4-6,8H,7,17H2,1-3H3. The van der Waals surface area contributed by atoms with Crippen molar-refractivity contribution in [3.8, 4) is 5.69 Å². The highest BCUT2D eigenvalue weighted by molar-refractivity contribution is 9.10. The average Bonchev–Trinajstić information content (AvgIpc) is 2.59. The van der Waals surface area contributed by atoms with Gasteiger partial charge in [-0.25, -0.2) is 9.07 Å². The fraction of sp³-hybridized carbons (Fsp3) is 0.357. The number of benzene rings is 1. The third kappa shape index (κ3) is 2.72. The fourth-order valence-corrected chi connectivity index (χ4v) is 2.38. The molecule has 2 rings (SSSR count). The molecule has 0 fully saturated rings. The molecule has 1 aromatic carbocycles. The Morgan fingerprint density at radius 3 is 2.63 bits per heavy atom. The van der Waals surface area contributed by atoms with Gasteiger partial charge in [-0.3, -0.25) is 0 Å². The van der Waals surface area contributed by atoms with Crippen molar-refractivity contribution >= 4 is 15.9 Å². The average molecular weight is 326 g/mol. The predicted molar refractivity (Wildman–Crippen MR) is 78.0 cm³/mol. The van der Waals surface area contributed by atoms with Crippen LogP contribution < -0.4 is 5.73 Å². The second-order valence-corrected chi connectivity index (χ2v) is 5.61. The van der Waals surface area contributed by atoms with E-state index in [0.717, 1.165) is 21.5 Å². The van der Waals surface area contributed by atoms with Crippen LogP contribution in [0.25, 0.3) is 5.69 Å². The van der Waals surface area contributed by atoms with Gasteiger partial charge in [0.2, 0.25) is 0 Å². The highest BCUT2D eigenvalue weighted by atomic mass is 79.9. The van der Waals surface area contributed by atoms with Crippen molar-refractivity contribution in [2.75, 3.05) is 0 Å². The van der Waals surface area contributed by atoms with Crippen molar-refractivity contribution in [3.63, 3.8) is 0 Å². The van der Waals surface area contributed by atoms with Crippen molar-refractivity contribution in [3.05, 3.63) is 45.4 Å². The molecule has 2 N–H and O–H groups in total. The van der Waals surface area contributed by atoms with Crippen LogP contribution in [0.15, 0.2) is 22.7 Å². The Labute approximate surface area is 120 Å². The lowest BCUT2D eigenvalue weighted by atomic mass is 10.0. The third-order valence-corrected chi connectivity index (χ3v) is 4.20. The van der Waals surface area contributed by atoms with E-state index in [-0.39, 0.29) is 11.9 Å². The molecule has 0 saturated heterocycles. The van der Waals surface area contributed by atoms with E-state index in [0.29, 0.717) is 12.0 Å². The van der Waals surface area contributed by atoms with E-state index in [1.165, 1.54) is 6.07 Å². The molecule has 0 aliphatic rings. The third-order valence-electron chi connectivity index (χ3n) is 3.05. The number of nitrogens with zero attached hydrogens (tertiary/aromatic N) is 2. The van der Waals surface area contributed by atoms with Gasteiger partial charge in [-0.1, -0.05) is 6.07 Å². The minimum Gasteiger partial charge on any atom is -0.328 e. The Kier molecular flexibility index (Phi) is 4.06. The predicted octanol–water partition coefficient (Wildman–Crippen LogP) is 3.28. The van der Waals surface area contributed by atoms with Crippen LogP contribution in [-0.4, -0.2) is 15.8 Å². The van der Waals surface area contributed by atoms with Crippen LogP contribution in [0, 0.1) is 19.7 Å². The van der Waals surface area contributed by atoms with Crippen LogP contribution in [0.2, 0.25) is 0 Å². The molecule has 0 saturated carbocycles. The molecule has 1 unspecified atom stereocenters. The lowest BCUT2D eigenvalue weighted by molar-refractivity contribution is 0.591. The Bertz CT molecular complexity index is 605. The maximum Gasteiger partial charge on any atom is 0.128 e. The second-order valence-electron chi connectivity index (χ2n) is 4.82. The summed E-state index contributed by atoms with van der Waals surface area (Å²) in [6.45, 7) is 5.73. The van der Waals surface area contributed by atoms with Crippen molar-refractivity contribution < 1.29 is 4.39 Å². The summed E-state index contributed by atoms with van der Waals surface area (Å²) in [6.07, 6.45) is 0.484. The number of rotatable bonds is 3. The van der Waals surface area contributed by atoms with Gasteiger partial charge in [0.15, 0.2) is 0 Å². The van der Waals surface area contributed by atoms with Crippen molar-refractivity contribution in [1.29, 1.82) is 0 Å². The van der Waals surface area contributed by atoms with Crippen LogP contribution in [-0.2, 0) is 6.42 Å². The Morgan fingerprint density at radius 2 is 2.11 bits per heavy atom. The summed E-state index contributed by atoms with van der Waals surface area (Å²) < 4.78 is 16.7. The number of nitrogens with two attached hydrogens (primary N) is 1. The molecular weight excluding hydrogens is 309 g/mol. The molecule has 1 atom stereocenters. The number of hydrogen-bond donors (Lipinski definition) is 1. The molecule has 0 radical (unpaired) electrons. The van der Waals surface area contributed by atoms with Crippen LogP contribution in [0.5, 0.6) is 0 Å². The molecule has 102 valence electrons. The Balaban J connectivity index is 2.61. The van der Waals surface area contributed by atoms with E-state index < -0.39 is 0 Å². The first-order valence-corrected chi connectivity index (χ1v) is 6.96. The highest BCUT2D eigenvalue weighted by Gasteiger charge is 2.16. The zero-order valence-corrected chi connectivity index (χ0v) is 12.8. The largest absolute Gasteiger partial charge is 0.328 e. The summed E-state index contributed by atoms with van der Waals surface area (Å²) in [5.41, 5.74) is 9.00. The first-order valence-electron chi connectivity index (χ1n) is 6.17. The molecule has 19 heavy (non-hydrogen) atoms. The molecule has 0 aliphatic carbocycles. The topological polar surface area (TPSA) is 43.8 Å². The lowest BCUT2D eigenvalue weighted by Gasteiger charge is -2.14. The van der Waals surface area contributed by atoms with E-state index >= 15 is 0 Å². The normalized spacial score (nSPS) is 12.7. The van der Waals surface area contributed by atoms with Gasteiger partial charge in [0.25, 0.3) is 0 Å². The summed E-state index contributed by atoms with van der Waals surface area (Å²) in [7, 11) is 0. The molecular formula is C14H17BrFN3. The van der Waals surface area contributed by atoms with Gasteiger partial charge in [0.1, 0.15) is 5.82 Å². The maximum atomic E-state index is 14.0. The monoisotopic (exact) mass is 325 g/mol. The number of halogens is 2. The first kappa shape index (κ1) is 14.2. The van der Waals surface area contributed by atoms with E-state index in [1.54, 1.807) is 10.7 Å². The highest BCUT2D eigenvalue weighted by Crippen LogP contribution is 2.26. The summed E-state index contributed by atoms with van der Waals surface area (Å²) in [5, 5.41) is 4.45.